The van der Waals surface area contributed by atoms with Crippen LogP contribution < -0.4 is 4.31 Å². The molecule has 0 spiro atoms. The van der Waals surface area contributed by atoms with Crippen molar-refractivity contribution in [2.24, 2.45) is 0 Å². The molecule has 6 nitrogen and oxygen atoms in total. The first kappa shape index (κ1) is 15.5. The fraction of sp³-hybridized carbons (Fsp3) is 0.250. The van der Waals surface area contributed by atoms with E-state index in [-0.39, 0.29) is 23.7 Å². The van der Waals surface area contributed by atoms with Crippen LogP contribution in [-0.2, 0) is 16.4 Å². The first-order chi connectivity index (χ1) is 10.9. The third kappa shape index (κ3) is 2.68. The van der Waals surface area contributed by atoms with Crippen molar-refractivity contribution in [3.05, 3.63) is 58.1 Å². The fourth-order valence-corrected chi connectivity index (χ4v) is 4.03. The van der Waals surface area contributed by atoms with E-state index in [0.717, 1.165) is 11.1 Å². The Morgan fingerprint density at radius 3 is 2.48 bits per heavy atom. The maximum absolute atomic E-state index is 12.2. The van der Waals surface area contributed by atoms with E-state index in [1.807, 2.05) is 36.4 Å². The van der Waals surface area contributed by atoms with Crippen LogP contribution in [0.2, 0.25) is 0 Å². The second-order valence-corrected chi connectivity index (χ2v) is 7.53. The molecule has 3 rings (SSSR count). The summed E-state index contributed by atoms with van der Waals surface area (Å²) in [6.07, 6.45) is 0.482. The van der Waals surface area contributed by atoms with Crippen LogP contribution in [0.3, 0.4) is 0 Å². The van der Waals surface area contributed by atoms with Crippen LogP contribution in [0.5, 0.6) is 0 Å². The number of fused-ring (bicyclic) bond motifs is 1. The quantitative estimate of drug-likeness (QED) is 0.637. The summed E-state index contributed by atoms with van der Waals surface area (Å²) >= 11 is 0. The van der Waals surface area contributed by atoms with E-state index >= 15 is 0 Å². The van der Waals surface area contributed by atoms with Crippen molar-refractivity contribution in [1.82, 2.24) is 0 Å². The predicted molar refractivity (Wildman–Crippen MR) is 89.0 cm³/mol. The maximum atomic E-state index is 12.2. The van der Waals surface area contributed by atoms with Crippen molar-refractivity contribution in [2.75, 3.05) is 16.6 Å². The molecule has 1 aliphatic heterocycles. The van der Waals surface area contributed by atoms with Gasteiger partial charge in [-0.1, -0.05) is 30.3 Å². The van der Waals surface area contributed by atoms with Gasteiger partial charge in [-0.15, -0.1) is 0 Å². The minimum Gasteiger partial charge on any atom is -0.263 e. The number of benzene rings is 2. The molecule has 0 aromatic heterocycles. The van der Waals surface area contributed by atoms with E-state index in [1.165, 1.54) is 17.3 Å². The number of nitro benzene ring substituents is 1. The lowest BCUT2D eigenvalue weighted by Crippen LogP contribution is -2.30. The highest BCUT2D eigenvalue weighted by Gasteiger charge is 2.35. The van der Waals surface area contributed by atoms with Crippen LogP contribution in [-0.4, -0.2) is 25.6 Å². The van der Waals surface area contributed by atoms with Gasteiger partial charge in [0.1, 0.15) is 5.69 Å². The molecule has 0 amide bonds. The van der Waals surface area contributed by atoms with Crippen LogP contribution in [0.15, 0.2) is 42.5 Å². The van der Waals surface area contributed by atoms with Gasteiger partial charge in [0.15, 0.2) is 0 Å². The molecular weight excluding hydrogens is 316 g/mol. The largest absolute Gasteiger partial charge is 0.294 e. The standard InChI is InChI=1S/C16H16N2O4S/c1-2-23(21,22)17-9-8-13-10-14(12-6-4-3-5-7-12)11-15(16(13)17)18(19)20/h3-7,10-11H,2,8-9H2,1H3. The molecule has 0 saturated carbocycles. The Morgan fingerprint density at radius 1 is 1.17 bits per heavy atom. The van der Waals surface area contributed by atoms with Gasteiger partial charge in [-0.2, -0.15) is 0 Å². The Hall–Kier alpha value is -2.41. The van der Waals surface area contributed by atoms with E-state index in [0.29, 0.717) is 12.0 Å². The Bertz CT molecular complexity index is 863. The molecule has 120 valence electrons. The number of nitrogens with zero attached hydrogens (tertiary/aromatic N) is 2. The Balaban J connectivity index is 2.20. The van der Waals surface area contributed by atoms with E-state index in [9.17, 15) is 18.5 Å². The highest BCUT2D eigenvalue weighted by molar-refractivity contribution is 7.92. The van der Waals surface area contributed by atoms with Gasteiger partial charge in [0.05, 0.1) is 10.7 Å². The van der Waals surface area contributed by atoms with Crippen molar-refractivity contribution >= 4 is 21.4 Å². The zero-order valence-corrected chi connectivity index (χ0v) is 13.4. The summed E-state index contributed by atoms with van der Waals surface area (Å²) in [5.74, 6) is -0.0793. The van der Waals surface area contributed by atoms with Crippen LogP contribution in [0, 0.1) is 10.1 Å². The normalized spacial score (nSPS) is 13.9. The highest BCUT2D eigenvalue weighted by Crippen LogP contribution is 2.41. The summed E-state index contributed by atoms with van der Waals surface area (Å²) in [5, 5.41) is 11.5. The lowest BCUT2D eigenvalue weighted by molar-refractivity contribution is -0.384. The number of nitro groups is 1. The van der Waals surface area contributed by atoms with Crippen LogP contribution >= 0.6 is 0 Å². The monoisotopic (exact) mass is 332 g/mol. The molecule has 0 unspecified atom stereocenters. The molecule has 23 heavy (non-hydrogen) atoms. The van der Waals surface area contributed by atoms with Gasteiger partial charge >= 0.3 is 0 Å². The summed E-state index contributed by atoms with van der Waals surface area (Å²) in [6.45, 7) is 1.79. The second kappa shape index (κ2) is 5.66. The van der Waals surface area contributed by atoms with Gasteiger partial charge in [0, 0.05) is 12.6 Å². The molecule has 2 aromatic carbocycles. The number of hydrogen-bond donors (Lipinski definition) is 0. The molecule has 0 N–H and O–H groups in total. The smallest absolute Gasteiger partial charge is 0.263 e. The summed E-state index contributed by atoms with van der Waals surface area (Å²) < 4.78 is 25.6. The van der Waals surface area contributed by atoms with E-state index < -0.39 is 14.9 Å². The average Bonchev–Trinajstić information content (AvgIpc) is 2.99. The van der Waals surface area contributed by atoms with E-state index in [2.05, 4.69) is 0 Å². The number of hydrogen-bond acceptors (Lipinski definition) is 4. The predicted octanol–water partition coefficient (Wildman–Crippen LogP) is 2.97. The van der Waals surface area contributed by atoms with Crippen LogP contribution in [0.1, 0.15) is 12.5 Å². The summed E-state index contributed by atoms with van der Waals surface area (Å²) in [6, 6.07) is 12.7. The minimum absolute atomic E-state index is 0.0793. The van der Waals surface area contributed by atoms with Crippen molar-refractivity contribution in [2.45, 2.75) is 13.3 Å². The number of anilines is 1. The lowest BCUT2D eigenvalue weighted by atomic mass is 10.0. The van der Waals surface area contributed by atoms with Crippen molar-refractivity contribution < 1.29 is 13.3 Å². The van der Waals surface area contributed by atoms with Crippen molar-refractivity contribution in [3.63, 3.8) is 0 Å². The molecule has 0 aliphatic carbocycles. The molecule has 0 bridgehead atoms. The summed E-state index contributed by atoms with van der Waals surface area (Å²) in [7, 11) is -3.52. The maximum Gasteiger partial charge on any atom is 0.294 e. The molecule has 2 aromatic rings. The van der Waals surface area contributed by atoms with Crippen molar-refractivity contribution in [1.29, 1.82) is 0 Å². The zero-order chi connectivity index (χ0) is 16.6. The SMILES string of the molecule is CCS(=O)(=O)N1CCc2cc(-c3ccccc3)cc([N+](=O)[O-])c21. The molecule has 1 aliphatic rings. The first-order valence-corrected chi connectivity index (χ1v) is 8.92. The third-order valence-electron chi connectivity index (χ3n) is 4.01. The van der Waals surface area contributed by atoms with Crippen LogP contribution in [0.25, 0.3) is 11.1 Å². The molecular formula is C16H16N2O4S. The number of sulfonamides is 1. The average molecular weight is 332 g/mol. The highest BCUT2D eigenvalue weighted by atomic mass is 32.2. The van der Waals surface area contributed by atoms with Gasteiger partial charge in [-0.05, 0) is 36.1 Å². The lowest BCUT2D eigenvalue weighted by Gasteiger charge is -2.18. The Kier molecular flexibility index (Phi) is 3.81. The zero-order valence-electron chi connectivity index (χ0n) is 12.6. The number of rotatable bonds is 4. The Labute approximate surface area is 134 Å². The van der Waals surface area contributed by atoms with Crippen molar-refractivity contribution in [3.8, 4) is 11.1 Å². The van der Waals surface area contributed by atoms with Gasteiger partial charge in [0.2, 0.25) is 10.0 Å². The van der Waals surface area contributed by atoms with E-state index in [1.54, 1.807) is 0 Å². The minimum atomic E-state index is -3.52. The first-order valence-electron chi connectivity index (χ1n) is 7.31. The Morgan fingerprint density at radius 2 is 1.87 bits per heavy atom. The fourth-order valence-electron chi connectivity index (χ4n) is 2.86. The molecule has 7 heteroatoms. The van der Waals surface area contributed by atoms with Crippen LogP contribution in [0.4, 0.5) is 11.4 Å². The second-order valence-electron chi connectivity index (χ2n) is 5.35. The summed E-state index contributed by atoms with van der Waals surface area (Å²) in [5.41, 5.74) is 2.37. The molecule has 0 saturated heterocycles. The third-order valence-corrected chi connectivity index (χ3v) is 5.77. The molecule has 0 fully saturated rings. The van der Waals surface area contributed by atoms with E-state index in [4.69, 9.17) is 0 Å². The van der Waals surface area contributed by atoms with Gasteiger partial charge < -0.3 is 0 Å². The topological polar surface area (TPSA) is 80.5 Å². The molecule has 0 atom stereocenters. The summed E-state index contributed by atoms with van der Waals surface area (Å²) in [4.78, 5) is 11.0. The molecule has 0 radical (unpaired) electrons. The van der Waals surface area contributed by atoms with Gasteiger partial charge in [0.25, 0.3) is 5.69 Å². The van der Waals surface area contributed by atoms with Gasteiger partial charge in [-0.3, -0.25) is 14.4 Å². The van der Waals surface area contributed by atoms with Gasteiger partial charge in [-0.25, -0.2) is 8.42 Å². The molecule has 1 heterocycles.